The molecule has 1 amide bonds. The lowest BCUT2D eigenvalue weighted by molar-refractivity contribution is 0.101. The normalized spacial score (nSPS) is 10.6. The Morgan fingerprint density at radius 3 is 2.18 bits per heavy atom. The van der Waals surface area contributed by atoms with Crippen LogP contribution in [0, 0.1) is 6.92 Å². The van der Waals surface area contributed by atoms with E-state index in [1.54, 1.807) is 24.9 Å². The van der Waals surface area contributed by atoms with Crippen molar-refractivity contribution in [1.82, 2.24) is 19.7 Å². The van der Waals surface area contributed by atoms with Crippen molar-refractivity contribution in [2.24, 2.45) is 7.05 Å². The van der Waals surface area contributed by atoms with Crippen molar-refractivity contribution in [3.8, 4) is 17.0 Å². The van der Waals surface area contributed by atoms with Gasteiger partial charge in [0.2, 0.25) is 5.95 Å². The first-order valence-corrected chi connectivity index (χ1v) is 12.0. The maximum atomic E-state index is 12.9. The van der Waals surface area contributed by atoms with Crippen molar-refractivity contribution in [2.75, 3.05) is 23.1 Å². The Labute approximate surface area is 220 Å². The van der Waals surface area contributed by atoms with Crippen LogP contribution < -0.4 is 20.7 Å². The van der Waals surface area contributed by atoms with Gasteiger partial charge >= 0.3 is 0 Å². The Kier molecular flexibility index (Phi) is 6.99. The summed E-state index contributed by atoms with van der Waals surface area (Å²) in [5.74, 6) is 1.68. The number of aryl methyl sites for hydroxylation is 2. The second kappa shape index (κ2) is 10.8. The third kappa shape index (κ3) is 5.79. The molecule has 2 heterocycles. The molecule has 9 heteroatoms. The van der Waals surface area contributed by atoms with E-state index in [1.807, 2.05) is 91.9 Å². The van der Waals surface area contributed by atoms with Crippen LogP contribution in [0.4, 0.5) is 28.8 Å². The van der Waals surface area contributed by atoms with Gasteiger partial charge in [-0.1, -0.05) is 30.3 Å². The molecular formula is C29H27N7O2. The second-order valence-corrected chi connectivity index (χ2v) is 8.63. The average Bonchev–Trinajstić information content (AvgIpc) is 3.32. The molecule has 3 aromatic carbocycles. The van der Waals surface area contributed by atoms with E-state index in [0.29, 0.717) is 23.1 Å². The van der Waals surface area contributed by atoms with Crippen LogP contribution in [0.1, 0.15) is 16.2 Å². The first-order valence-electron chi connectivity index (χ1n) is 12.0. The Morgan fingerprint density at radius 2 is 1.47 bits per heavy atom. The molecule has 0 spiro atoms. The quantitative estimate of drug-likeness (QED) is 0.240. The predicted octanol–water partition coefficient (Wildman–Crippen LogP) is 5.93. The van der Waals surface area contributed by atoms with Crippen molar-refractivity contribution in [1.29, 1.82) is 0 Å². The molecule has 0 fully saturated rings. The molecule has 2 aromatic heterocycles. The summed E-state index contributed by atoms with van der Waals surface area (Å²) in [5.41, 5.74) is 5.32. The number of nitrogens with zero attached hydrogens (tertiary/aromatic N) is 4. The number of carbonyl (C=O) groups excluding carboxylic acids is 1. The average molecular weight is 506 g/mol. The zero-order valence-electron chi connectivity index (χ0n) is 21.3. The molecule has 0 saturated heterocycles. The molecule has 0 atom stereocenters. The molecule has 5 rings (SSSR count). The summed E-state index contributed by atoms with van der Waals surface area (Å²) in [5, 5.41) is 13.9. The number of hydrogen-bond donors (Lipinski definition) is 3. The van der Waals surface area contributed by atoms with Crippen LogP contribution in [-0.2, 0) is 7.05 Å². The number of hydrogen-bond acceptors (Lipinski definition) is 7. The number of benzene rings is 3. The van der Waals surface area contributed by atoms with Gasteiger partial charge in [0.05, 0.1) is 12.8 Å². The van der Waals surface area contributed by atoms with Gasteiger partial charge in [0.15, 0.2) is 0 Å². The Balaban J connectivity index is 1.24. The summed E-state index contributed by atoms with van der Waals surface area (Å²) >= 11 is 0. The van der Waals surface area contributed by atoms with E-state index < -0.39 is 0 Å². The lowest BCUT2D eigenvalue weighted by atomic mass is 10.1. The number of aromatic nitrogens is 4. The van der Waals surface area contributed by atoms with Gasteiger partial charge in [-0.2, -0.15) is 10.1 Å². The van der Waals surface area contributed by atoms with Crippen molar-refractivity contribution >= 4 is 34.7 Å². The first-order chi connectivity index (χ1) is 18.5. The summed E-state index contributed by atoms with van der Waals surface area (Å²) in [4.78, 5) is 21.9. The van der Waals surface area contributed by atoms with E-state index in [0.717, 1.165) is 34.1 Å². The third-order valence-corrected chi connectivity index (χ3v) is 5.80. The van der Waals surface area contributed by atoms with Crippen LogP contribution in [-0.4, -0.2) is 32.8 Å². The van der Waals surface area contributed by atoms with Crippen LogP contribution in [0.25, 0.3) is 11.3 Å². The zero-order chi connectivity index (χ0) is 26.5. The van der Waals surface area contributed by atoms with Crippen molar-refractivity contribution in [3.63, 3.8) is 0 Å². The maximum Gasteiger partial charge on any atom is 0.273 e. The summed E-state index contributed by atoms with van der Waals surface area (Å²) in [6.07, 6.45) is 0. The van der Waals surface area contributed by atoms with Crippen molar-refractivity contribution in [3.05, 3.63) is 102 Å². The molecule has 0 aliphatic heterocycles. The van der Waals surface area contributed by atoms with Gasteiger partial charge in [0, 0.05) is 41.4 Å². The SMILES string of the molecule is COc1ccc(Nc2cc(C)nc(Nc3ccc(NC(=O)c4cc(-c5ccccc5)nn4C)cc3)n2)cc1. The van der Waals surface area contributed by atoms with Gasteiger partial charge < -0.3 is 20.7 Å². The molecule has 5 aromatic rings. The smallest absolute Gasteiger partial charge is 0.273 e. The number of methoxy groups -OCH3 is 1. The minimum Gasteiger partial charge on any atom is -0.497 e. The molecule has 3 N–H and O–H groups in total. The maximum absolute atomic E-state index is 12.9. The molecule has 190 valence electrons. The highest BCUT2D eigenvalue weighted by atomic mass is 16.5. The molecule has 0 radical (unpaired) electrons. The van der Waals surface area contributed by atoms with Gasteiger partial charge in [-0.25, -0.2) is 4.98 Å². The fourth-order valence-corrected chi connectivity index (χ4v) is 3.90. The van der Waals surface area contributed by atoms with E-state index >= 15 is 0 Å². The number of amides is 1. The number of nitrogens with one attached hydrogen (secondary N) is 3. The van der Waals surface area contributed by atoms with Gasteiger partial charge in [-0.15, -0.1) is 0 Å². The van der Waals surface area contributed by atoms with Crippen LogP contribution in [0.3, 0.4) is 0 Å². The van der Waals surface area contributed by atoms with Crippen molar-refractivity contribution < 1.29 is 9.53 Å². The monoisotopic (exact) mass is 505 g/mol. The van der Waals surface area contributed by atoms with E-state index in [1.165, 1.54) is 0 Å². The van der Waals surface area contributed by atoms with Gasteiger partial charge in [-0.05, 0) is 61.5 Å². The molecule has 9 nitrogen and oxygen atoms in total. The summed E-state index contributed by atoms with van der Waals surface area (Å²) in [6, 6.07) is 28.4. The second-order valence-electron chi connectivity index (χ2n) is 8.63. The number of anilines is 5. The lowest BCUT2D eigenvalue weighted by Gasteiger charge is -2.11. The summed E-state index contributed by atoms with van der Waals surface area (Å²) in [7, 11) is 3.39. The molecule has 0 bridgehead atoms. The molecule has 0 aliphatic rings. The largest absolute Gasteiger partial charge is 0.497 e. The van der Waals surface area contributed by atoms with Crippen LogP contribution in [0.15, 0.2) is 91.0 Å². The zero-order valence-corrected chi connectivity index (χ0v) is 21.3. The van der Waals surface area contributed by atoms with E-state index in [-0.39, 0.29) is 5.91 Å². The molecule has 0 aliphatic carbocycles. The Morgan fingerprint density at radius 1 is 0.816 bits per heavy atom. The topological polar surface area (TPSA) is 106 Å². The first kappa shape index (κ1) is 24.5. The summed E-state index contributed by atoms with van der Waals surface area (Å²) < 4.78 is 6.79. The molecule has 38 heavy (non-hydrogen) atoms. The van der Waals surface area contributed by atoms with E-state index in [2.05, 4.69) is 31.0 Å². The lowest BCUT2D eigenvalue weighted by Crippen LogP contribution is -2.16. The van der Waals surface area contributed by atoms with Crippen LogP contribution >= 0.6 is 0 Å². The molecule has 0 unspecified atom stereocenters. The number of ether oxygens (including phenoxy) is 1. The fourth-order valence-electron chi connectivity index (χ4n) is 3.90. The Bertz CT molecular complexity index is 1550. The highest BCUT2D eigenvalue weighted by Gasteiger charge is 2.14. The third-order valence-electron chi connectivity index (χ3n) is 5.80. The van der Waals surface area contributed by atoms with Gasteiger partial charge in [-0.3, -0.25) is 9.48 Å². The van der Waals surface area contributed by atoms with Crippen LogP contribution in [0.2, 0.25) is 0 Å². The standard InChI is InChI=1S/C29H27N7O2/c1-19-17-27(31-21-13-15-24(38-3)16-14-21)34-29(30-19)33-23-11-9-22(10-12-23)32-28(37)26-18-25(35-36(26)2)20-7-5-4-6-8-20/h4-18H,1-3H3,(H,32,37)(H2,30,31,33,34). The summed E-state index contributed by atoms with van der Waals surface area (Å²) in [6.45, 7) is 1.91. The van der Waals surface area contributed by atoms with Gasteiger partial charge in [0.1, 0.15) is 17.3 Å². The minimum atomic E-state index is -0.237. The predicted molar refractivity (Wildman–Crippen MR) is 149 cm³/mol. The minimum absolute atomic E-state index is 0.237. The van der Waals surface area contributed by atoms with Crippen LogP contribution in [0.5, 0.6) is 5.75 Å². The van der Waals surface area contributed by atoms with E-state index in [9.17, 15) is 4.79 Å². The fraction of sp³-hybridized carbons (Fsp3) is 0.103. The Hall–Kier alpha value is -5.18. The highest BCUT2D eigenvalue weighted by molar-refractivity contribution is 6.03. The van der Waals surface area contributed by atoms with Crippen molar-refractivity contribution in [2.45, 2.75) is 6.92 Å². The van der Waals surface area contributed by atoms with Gasteiger partial charge in [0.25, 0.3) is 5.91 Å². The highest BCUT2D eigenvalue weighted by Crippen LogP contribution is 2.23. The molecule has 0 saturated carbocycles. The molecular weight excluding hydrogens is 478 g/mol. The van der Waals surface area contributed by atoms with E-state index in [4.69, 9.17) is 4.74 Å². The number of carbonyl (C=O) groups is 1. The number of rotatable bonds is 8.